The quantitative estimate of drug-likeness (QED) is 0.274. The minimum absolute atomic E-state index is 0.00523. The van der Waals surface area contributed by atoms with Crippen LogP contribution in [-0.4, -0.2) is 38.6 Å². The van der Waals surface area contributed by atoms with Gasteiger partial charge in [-0.15, -0.1) is 0 Å². The van der Waals surface area contributed by atoms with Crippen molar-refractivity contribution < 1.29 is 19.4 Å². The Balaban J connectivity index is 1.44. The zero-order chi connectivity index (χ0) is 28.7. The van der Waals surface area contributed by atoms with Gasteiger partial charge in [0.05, 0.1) is 24.4 Å². The van der Waals surface area contributed by atoms with E-state index in [1.165, 1.54) is 24.0 Å². The molecule has 2 aromatic carbocycles. The number of ether oxygens (including phenoxy) is 2. The molecule has 3 heterocycles. The lowest BCUT2D eigenvalue weighted by molar-refractivity contribution is 0.0683. The Morgan fingerprint density at radius 3 is 2.76 bits per heavy atom. The highest BCUT2D eigenvalue weighted by Crippen LogP contribution is 2.43. The Morgan fingerprint density at radius 2 is 1.93 bits per heavy atom. The van der Waals surface area contributed by atoms with Crippen LogP contribution in [0.3, 0.4) is 0 Å². The summed E-state index contributed by atoms with van der Waals surface area (Å²) < 4.78 is 16.4. The molecule has 1 unspecified atom stereocenters. The van der Waals surface area contributed by atoms with E-state index >= 15 is 0 Å². The fourth-order valence-electron chi connectivity index (χ4n) is 6.96. The first-order valence-electron chi connectivity index (χ1n) is 15.1. The molecule has 0 saturated carbocycles. The van der Waals surface area contributed by atoms with Crippen LogP contribution < -0.4 is 4.74 Å². The first-order valence-corrected chi connectivity index (χ1v) is 15.1. The van der Waals surface area contributed by atoms with Gasteiger partial charge in [0.15, 0.2) is 0 Å². The van der Waals surface area contributed by atoms with Gasteiger partial charge >= 0.3 is 5.97 Å². The highest BCUT2D eigenvalue weighted by atomic mass is 16.5. The van der Waals surface area contributed by atoms with Gasteiger partial charge in [0.1, 0.15) is 11.4 Å². The number of carbonyl (C=O) groups is 1. The van der Waals surface area contributed by atoms with Crippen molar-refractivity contribution in [3.05, 3.63) is 69.7 Å². The largest absolute Gasteiger partial charge is 0.493 e. The van der Waals surface area contributed by atoms with Crippen molar-refractivity contribution >= 4 is 16.9 Å². The zero-order valence-corrected chi connectivity index (χ0v) is 24.8. The molecule has 2 aliphatic rings. The van der Waals surface area contributed by atoms with Gasteiger partial charge in [-0.05, 0) is 93.0 Å². The van der Waals surface area contributed by atoms with Crippen LogP contribution in [0.15, 0.2) is 30.3 Å². The Labute approximate surface area is 242 Å². The maximum Gasteiger partial charge on any atom is 0.352 e. The Kier molecular flexibility index (Phi) is 7.64. The summed E-state index contributed by atoms with van der Waals surface area (Å²) in [6.45, 7) is 8.59. The second-order valence-corrected chi connectivity index (χ2v) is 11.8. The summed E-state index contributed by atoms with van der Waals surface area (Å²) in [6, 6.07) is 10.7. The molecule has 7 nitrogen and oxygen atoms in total. The predicted molar refractivity (Wildman–Crippen MR) is 161 cm³/mol. The molecule has 1 N–H and O–H groups in total. The van der Waals surface area contributed by atoms with Crippen molar-refractivity contribution in [2.45, 2.75) is 84.8 Å². The molecule has 0 fully saturated rings. The second-order valence-electron chi connectivity index (χ2n) is 11.8. The number of aryl methyl sites for hydroxylation is 4. The molecule has 1 aliphatic heterocycles. The summed E-state index contributed by atoms with van der Waals surface area (Å²) in [7, 11) is 1.96. The van der Waals surface area contributed by atoms with Gasteiger partial charge in [0.25, 0.3) is 0 Å². The third-order valence-electron chi connectivity index (χ3n) is 9.14. The topological polar surface area (TPSA) is 78.5 Å². The minimum Gasteiger partial charge on any atom is -0.493 e. The van der Waals surface area contributed by atoms with Crippen LogP contribution in [-0.2, 0) is 37.8 Å². The number of carboxylic acids is 1. The lowest BCUT2D eigenvalue weighted by Crippen LogP contribution is -2.14. The van der Waals surface area contributed by atoms with E-state index in [-0.39, 0.29) is 5.92 Å². The van der Waals surface area contributed by atoms with Crippen LogP contribution in [0.2, 0.25) is 0 Å². The van der Waals surface area contributed by atoms with Crippen molar-refractivity contribution in [2.75, 3.05) is 13.2 Å². The second kappa shape index (κ2) is 11.4. The van der Waals surface area contributed by atoms with E-state index in [0.717, 1.165) is 82.4 Å². The summed E-state index contributed by atoms with van der Waals surface area (Å²) in [5, 5.41) is 16.5. The van der Waals surface area contributed by atoms with Crippen LogP contribution in [0.25, 0.3) is 22.0 Å². The van der Waals surface area contributed by atoms with Crippen LogP contribution >= 0.6 is 0 Å². The van der Waals surface area contributed by atoms with E-state index in [2.05, 4.69) is 55.7 Å². The molecule has 41 heavy (non-hydrogen) atoms. The molecule has 0 saturated heterocycles. The predicted octanol–water partition coefficient (Wildman–Crippen LogP) is 7.12. The summed E-state index contributed by atoms with van der Waals surface area (Å²) in [5.41, 5.74) is 10.3. The van der Waals surface area contributed by atoms with Gasteiger partial charge in [-0.2, -0.15) is 5.10 Å². The molecule has 2 aromatic heterocycles. The van der Waals surface area contributed by atoms with E-state index in [1.807, 2.05) is 11.7 Å². The molecule has 0 radical (unpaired) electrons. The van der Waals surface area contributed by atoms with Crippen molar-refractivity contribution in [1.29, 1.82) is 0 Å². The van der Waals surface area contributed by atoms with Gasteiger partial charge in [0.2, 0.25) is 0 Å². The summed E-state index contributed by atoms with van der Waals surface area (Å²) in [5.74, 6) is 0.119. The highest BCUT2D eigenvalue weighted by Gasteiger charge is 2.30. The summed E-state index contributed by atoms with van der Waals surface area (Å²) in [4.78, 5) is 13.0. The third kappa shape index (κ3) is 4.94. The molecule has 0 spiro atoms. The zero-order valence-electron chi connectivity index (χ0n) is 24.8. The lowest BCUT2D eigenvalue weighted by Gasteiger charge is -2.20. The van der Waals surface area contributed by atoms with Gasteiger partial charge in [-0.1, -0.05) is 31.2 Å². The van der Waals surface area contributed by atoms with Crippen LogP contribution in [0.5, 0.6) is 5.75 Å². The van der Waals surface area contributed by atoms with E-state index in [9.17, 15) is 9.90 Å². The molecule has 1 atom stereocenters. The lowest BCUT2D eigenvalue weighted by atomic mass is 9.90. The van der Waals surface area contributed by atoms with E-state index < -0.39 is 5.97 Å². The van der Waals surface area contributed by atoms with Crippen molar-refractivity contribution in [3.8, 4) is 16.9 Å². The molecule has 1 aliphatic carbocycles. The van der Waals surface area contributed by atoms with Gasteiger partial charge < -0.3 is 19.1 Å². The summed E-state index contributed by atoms with van der Waals surface area (Å²) >= 11 is 0. The number of rotatable bonds is 6. The molecule has 4 aromatic rings. The fraction of sp³-hybridized carbons (Fsp3) is 0.471. The Hall–Kier alpha value is -3.58. The molecular weight excluding hydrogens is 514 g/mol. The molecule has 0 amide bonds. The van der Waals surface area contributed by atoms with Gasteiger partial charge in [-0.25, -0.2) is 4.79 Å². The third-order valence-corrected chi connectivity index (χ3v) is 9.14. The van der Waals surface area contributed by atoms with Crippen molar-refractivity contribution in [3.63, 3.8) is 0 Å². The number of aromatic nitrogens is 3. The highest BCUT2D eigenvalue weighted by molar-refractivity contribution is 6.05. The average molecular weight is 556 g/mol. The van der Waals surface area contributed by atoms with Crippen LogP contribution in [0.4, 0.5) is 0 Å². The van der Waals surface area contributed by atoms with E-state index in [4.69, 9.17) is 14.6 Å². The van der Waals surface area contributed by atoms with Gasteiger partial charge in [0, 0.05) is 42.4 Å². The monoisotopic (exact) mass is 555 g/mol. The first kappa shape index (κ1) is 27.6. The first-order chi connectivity index (χ1) is 19.9. The number of aromatic carboxylic acids is 1. The fourth-order valence-corrected chi connectivity index (χ4v) is 6.96. The summed E-state index contributed by atoms with van der Waals surface area (Å²) in [6.07, 6.45) is 7.08. The number of hydrogen-bond acceptors (Lipinski definition) is 4. The van der Waals surface area contributed by atoms with Crippen molar-refractivity contribution in [1.82, 2.24) is 14.3 Å². The molecule has 0 bridgehead atoms. The Morgan fingerprint density at radius 1 is 1.10 bits per heavy atom. The van der Waals surface area contributed by atoms with E-state index in [1.54, 1.807) is 0 Å². The maximum atomic E-state index is 13.0. The molecule has 7 heteroatoms. The SMILES string of the molecule is Cc1ccc2c(C(C)CCOc3cccc4c3CCCC4)c(C(=O)O)n3c2c1-c1c(nn(C)c1C)COCCCC3. The number of hydrogen-bond donors (Lipinski definition) is 1. The molecule has 216 valence electrons. The number of fused-ring (bicyclic) bond motifs is 3. The number of nitrogens with zero attached hydrogens (tertiary/aromatic N) is 3. The smallest absolute Gasteiger partial charge is 0.352 e. The minimum atomic E-state index is -0.876. The van der Waals surface area contributed by atoms with Crippen molar-refractivity contribution in [2.24, 2.45) is 7.05 Å². The molecule has 6 rings (SSSR count). The normalized spacial score (nSPS) is 16.1. The average Bonchev–Trinajstić information content (AvgIpc) is 3.43. The van der Waals surface area contributed by atoms with E-state index in [0.29, 0.717) is 32.1 Å². The number of benzene rings is 2. The maximum absolute atomic E-state index is 13.0. The number of carboxylic acid groups (broad SMARTS) is 1. The molecular formula is C34H41N3O4. The standard InChI is InChI=1S/C34H41N3O4/c1-21-14-15-26-29(22(2)16-19-41-28-13-9-11-24-10-5-6-12-25(24)28)33(34(38)39)37-17-7-8-18-40-20-27-31(30(21)32(26)37)23(3)36(4)35-27/h9,11,13-15,22H,5-8,10,12,16-20H2,1-4H3,(H,38,39). The van der Waals surface area contributed by atoms with Crippen LogP contribution in [0.1, 0.15) is 89.1 Å². The van der Waals surface area contributed by atoms with Gasteiger partial charge in [-0.3, -0.25) is 4.68 Å². The van der Waals surface area contributed by atoms with Crippen LogP contribution in [0, 0.1) is 13.8 Å². The Bertz CT molecular complexity index is 1610.